The first-order valence-electron chi connectivity index (χ1n) is 15.4. The maximum absolute atomic E-state index is 14.6. The molecular formula is C37H37BN2O6. The monoisotopic (exact) mass is 616 g/mol. The van der Waals surface area contributed by atoms with E-state index in [-0.39, 0.29) is 19.4 Å². The molecule has 1 fully saturated rings. The number of cyclic esters (lactones) is 1. The number of hydrogen-bond acceptors (Lipinski definition) is 6. The predicted octanol–water partition coefficient (Wildman–Crippen LogP) is 5.39. The van der Waals surface area contributed by atoms with Gasteiger partial charge in [-0.2, -0.15) is 0 Å². The number of rotatable bonds is 13. The molecule has 0 spiro atoms. The van der Waals surface area contributed by atoms with E-state index in [1.165, 1.54) is 0 Å². The highest BCUT2D eigenvalue weighted by atomic mass is 16.6. The van der Waals surface area contributed by atoms with Gasteiger partial charge in [0.25, 0.3) is 0 Å². The van der Waals surface area contributed by atoms with Gasteiger partial charge in [-0.25, -0.2) is 9.69 Å². The van der Waals surface area contributed by atoms with Gasteiger partial charge >= 0.3 is 6.09 Å². The van der Waals surface area contributed by atoms with Crippen molar-refractivity contribution in [2.45, 2.75) is 56.8 Å². The Morgan fingerprint density at radius 1 is 0.826 bits per heavy atom. The highest BCUT2D eigenvalue weighted by Gasteiger charge is 2.48. The van der Waals surface area contributed by atoms with Gasteiger partial charge in [-0.15, -0.1) is 0 Å². The Balaban J connectivity index is 1.53. The van der Waals surface area contributed by atoms with Gasteiger partial charge in [0.15, 0.2) is 5.81 Å². The number of nitrogens with one attached hydrogen (secondary N) is 1. The average molecular weight is 617 g/mol. The number of benzene rings is 4. The van der Waals surface area contributed by atoms with Crippen LogP contribution >= 0.6 is 0 Å². The molecule has 46 heavy (non-hydrogen) atoms. The minimum Gasteiger partial charge on any atom is -0.439 e. The number of nitrogens with zero attached hydrogens (tertiary/aromatic N) is 1. The van der Waals surface area contributed by atoms with Gasteiger partial charge in [-0.1, -0.05) is 121 Å². The van der Waals surface area contributed by atoms with Crippen molar-refractivity contribution in [2.24, 2.45) is 5.92 Å². The van der Waals surface area contributed by atoms with Gasteiger partial charge in [0.2, 0.25) is 13.8 Å². The summed E-state index contributed by atoms with van der Waals surface area (Å²) in [6.07, 6.45) is -3.61. The molecular weight excluding hydrogens is 579 g/mol. The van der Waals surface area contributed by atoms with Crippen LogP contribution in [0, 0.1) is 5.92 Å². The van der Waals surface area contributed by atoms with Crippen LogP contribution in [-0.4, -0.2) is 60.0 Å². The summed E-state index contributed by atoms with van der Waals surface area (Å²) in [5.74, 6) is -2.41. The summed E-state index contributed by atoms with van der Waals surface area (Å²) in [5, 5.41) is 14.7. The van der Waals surface area contributed by atoms with Crippen LogP contribution in [0.25, 0.3) is 0 Å². The quantitative estimate of drug-likeness (QED) is 0.195. The van der Waals surface area contributed by atoms with E-state index >= 15 is 0 Å². The minimum atomic E-state index is -1.40. The van der Waals surface area contributed by atoms with Crippen LogP contribution in [0.15, 0.2) is 121 Å². The second kappa shape index (κ2) is 15.5. The molecule has 0 aromatic heterocycles. The summed E-state index contributed by atoms with van der Waals surface area (Å²) in [6.45, 7) is 1.84. The van der Waals surface area contributed by atoms with Crippen molar-refractivity contribution in [1.29, 1.82) is 0 Å². The van der Waals surface area contributed by atoms with Crippen LogP contribution in [0.2, 0.25) is 0 Å². The zero-order valence-corrected chi connectivity index (χ0v) is 25.6. The van der Waals surface area contributed by atoms with Gasteiger partial charge in [0.05, 0.1) is 30.7 Å². The normalized spacial score (nSPS) is 18.7. The van der Waals surface area contributed by atoms with E-state index in [9.17, 15) is 19.5 Å². The summed E-state index contributed by atoms with van der Waals surface area (Å²) >= 11 is 0. The van der Waals surface area contributed by atoms with Gasteiger partial charge in [-0.05, 0) is 42.0 Å². The Bertz CT molecular complexity index is 1580. The van der Waals surface area contributed by atoms with Crippen molar-refractivity contribution in [2.75, 3.05) is 0 Å². The zero-order chi connectivity index (χ0) is 32.5. The lowest BCUT2D eigenvalue weighted by Crippen LogP contribution is -2.56. The Morgan fingerprint density at radius 3 is 1.87 bits per heavy atom. The van der Waals surface area contributed by atoms with Crippen LogP contribution in [-0.2, 0) is 33.7 Å². The van der Waals surface area contributed by atoms with E-state index < -0.39 is 54.1 Å². The molecule has 6 unspecified atom stereocenters. The third kappa shape index (κ3) is 8.10. The number of imide groups is 1. The van der Waals surface area contributed by atoms with Gasteiger partial charge < -0.3 is 19.9 Å². The third-order valence-corrected chi connectivity index (χ3v) is 8.31. The number of aliphatic hydroxyl groups is 1. The molecule has 2 N–H and O–H groups in total. The molecule has 8 nitrogen and oxygen atoms in total. The molecule has 0 bridgehead atoms. The molecule has 0 saturated carbocycles. The molecule has 1 aliphatic heterocycles. The molecule has 1 aliphatic rings. The molecule has 234 valence electrons. The van der Waals surface area contributed by atoms with Gasteiger partial charge in [0.1, 0.15) is 12.2 Å². The molecule has 5 rings (SSSR count). The van der Waals surface area contributed by atoms with Crippen molar-refractivity contribution in [3.63, 3.8) is 0 Å². The fourth-order valence-corrected chi connectivity index (χ4v) is 5.99. The lowest BCUT2D eigenvalue weighted by molar-refractivity contribution is -0.147. The van der Waals surface area contributed by atoms with E-state index in [4.69, 9.17) is 17.3 Å². The molecule has 6 atom stereocenters. The molecule has 3 amide bonds. The molecule has 2 radical (unpaired) electrons. The van der Waals surface area contributed by atoms with Crippen molar-refractivity contribution in [3.8, 4) is 0 Å². The largest absolute Gasteiger partial charge is 0.439 e. The highest BCUT2D eigenvalue weighted by molar-refractivity contribution is 6.57. The lowest BCUT2D eigenvalue weighted by Gasteiger charge is -2.36. The number of amides is 3. The van der Waals surface area contributed by atoms with E-state index in [1.54, 1.807) is 6.92 Å². The van der Waals surface area contributed by atoms with Crippen molar-refractivity contribution < 1.29 is 29.0 Å². The van der Waals surface area contributed by atoms with Crippen LogP contribution in [0.5, 0.6) is 0 Å². The predicted molar refractivity (Wildman–Crippen MR) is 175 cm³/mol. The lowest BCUT2D eigenvalue weighted by atomic mass is 9.84. The Hall–Kier alpha value is -4.73. The summed E-state index contributed by atoms with van der Waals surface area (Å²) < 4.78 is 12.2. The van der Waals surface area contributed by atoms with E-state index in [0.29, 0.717) is 0 Å². The molecule has 0 aliphatic carbocycles. The molecule has 9 heteroatoms. The molecule has 1 saturated heterocycles. The number of carbonyl (C=O) groups excluding carboxylic acids is 3. The first-order valence-corrected chi connectivity index (χ1v) is 15.4. The molecule has 1 heterocycles. The zero-order valence-electron chi connectivity index (χ0n) is 25.6. The molecule has 4 aromatic rings. The molecule has 4 aromatic carbocycles. The van der Waals surface area contributed by atoms with Crippen LogP contribution < -0.4 is 5.32 Å². The number of hydrogen-bond donors (Lipinski definition) is 2. The fourth-order valence-electron chi connectivity index (χ4n) is 5.99. The summed E-state index contributed by atoms with van der Waals surface area (Å²) in [7, 11) is 5.58. The number of aliphatic hydroxyl groups excluding tert-OH is 1. The smallest absolute Gasteiger partial charge is 0.417 e. The van der Waals surface area contributed by atoms with Crippen LogP contribution in [0.4, 0.5) is 9.59 Å². The highest BCUT2D eigenvalue weighted by Crippen LogP contribution is 2.35. The topological polar surface area (TPSA) is 105 Å². The second-order valence-electron chi connectivity index (χ2n) is 11.5. The van der Waals surface area contributed by atoms with Crippen molar-refractivity contribution >= 4 is 25.7 Å². The first-order chi connectivity index (χ1) is 22.3. The van der Waals surface area contributed by atoms with E-state index in [0.717, 1.165) is 27.2 Å². The maximum Gasteiger partial charge on any atom is 0.417 e. The first kappa shape index (κ1) is 32.7. The standard InChI is InChI=1S/C37H37BN2O6/c1-25-33(29-20-12-5-13-21-29)46-37(44)40(25)35(42)30(22-26-14-6-2-7-15-26)34(45-24-28-18-10-4-11-19-28)32(41)31(39-36(38)43)23-27-16-8-3-9-17-27/h2-21,25,30-34,41H,22-24H2,1H3,(H,39,43). The van der Waals surface area contributed by atoms with Crippen molar-refractivity contribution in [1.82, 2.24) is 10.2 Å². The Kier molecular flexibility index (Phi) is 11.0. The van der Waals surface area contributed by atoms with Crippen molar-refractivity contribution in [3.05, 3.63) is 144 Å². The summed E-state index contributed by atoms with van der Waals surface area (Å²) in [5.41, 5.74) is 3.24. The number of carbonyl (C=O) groups is 3. The van der Waals surface area contributed by atoms with Gasteiger partial charge in [-0.3, -0.25) is 9.59 Å². The van der Waals surface area contributed by atoms with Crippen LogP contribution in [0.3, 0.4) is 0 Å². The summed E-state index contributed by atoms with van der Waals surface area (Å²) in [4.78, 5) is 41.3. The maximum atomic E-state index is 14.6. The van der Waals surface area contributed by atoms with Gasteiger partial charge in [0, 0.05) is 0 Å². The average Bonchev–Trinajstić information content (AvgIpc) is 3.38. The minimum absolute atomic E-state index is 0.0718. The van der Waals surface area contributed by atoms with Crippen LogP contribution in [0.1, 0.15) is 35.3 Å². The second-order valence-corrected chi connectivity index (χ2v) is 11.5. The summed E-state index contributed by atoms with van der Waals surface area (Å²) in [6, 6.07) is 35.8. The van der Waals surface area contributed by atoms with E-state index in [1.807, 2.05) is 121 Å². The van der Waals surface area contributed by atoms with E-state index in [2.05, 4.69) is 5.32 Å². The SMILES string of the molecule is [B]C(=O)NC(Cc1ccccc1)C(O)C(OCc1ccccc1)C(Cc1ccccc1)C(=O)N1C(=O)OC(c2ccccc2)C1C. The number of ether oxygens (including phenoxy) is 2. The fraction of sp³-hybridized carbons (Fsp3) is 0.270. The third-order valence-electron chi connectivity index (χ3n) is 8.31. The Labute approximate surface area is 270 Å². The Morgan fingerprint density at radius 2 is 1.33 bits per heavy atom.